The van der Waals surface area contributed by atoms with Gasteiger partial charge in [0.15, 0.2) is 0 Å². The molecular weight excluding hydrogens is 426 g/mol. The lowest BCUT2D eigenvalue weighted by atomic mass is 10.1. The molecule has 4 aromatic heterocycles. The fourth-order valence-electron chi connectivity index (χ4n) is 3.88. The molecule has 5 aromatic rings. The number of thiophene rings is 1. The van der Waals surface area contributed by atoms with Gasteiger partial charge in [0, 0.05) is 50.2 Å². The van der Waals surface area contributed by atoms with E-state index in [2.05, 4.69) is 82.8 Å². The van der Waals surface area contributed by atoms with E-state index in [1.165, 1.54) is 20.7 Å². The smallest absolute Gasteiger partial charge is 0.116 e. The van der Waals surface area contributed by atoms with Gasteiger partial charge < -0.3 is 4.98 Å². The number of nitrogens with zero attached hydrogens (tertiary/aromatic N) is 3. The van der Waals surface area contributed by atoms with E-state index in [4.69, 9.17) is 0 Å². The first kappa shape index (κ1) is 21.0. The zero-order valence-electron chi connectivity index (χ0n) is 18.9. The molecule has 5 nitrogen and oxygen atoms in total. The number of H-pyrrole nitrogens is 2. The molecule has 2 N–H and O–H groups in total. The topological polar surface area (TPSA) is 62.3 Å². The molecule has 0 amide bonds. The van der Waals surface area contributed by atoms with Crippen molar-refractivity contribution in [3.05, 3.63) is 82.5 Å². The molecule has 0 spiro atoms. The first-order valence-electron chi connectivity index (χ1n) is 10.7. The van der Waals surface area contributed by atoms with Crippen LogP contribution in [0.15, 0.2) is 61.4 Å². The van der Waals surface area contributed by atoms with Crippen LogP contribution in [-0.4, -0.2) is 25.0 Å². The van der Waals surface area contributed by atoms with E-state index >= 15 is 0 Å². The Labute approximate surface area is 196 Å². The van der Waals surface area contributed by atoms with Gasteiger partial charge in [-0.25, -0.2) is 0 Å². The van der Waals surface area contributed by atoms with E-state index in [9.17, 15) is 0 Å². The van der Waals surface area contributed by atoms with Crippen molar-refractivity contribution < 1.29 is 0 Å². The van der Waals surface area contributed by atoms with Crippen molar-refractivity contribution in [1.29, 1.82) is 0 Å². The molecule has 0 aliphatic carbocycles. The van der Waals surface area contributed by atoms with Crippen molar-refractivity contribution >= 4 is 46.0 Å². The highest BCUT2D eigenvalue weighted by atomic mass is 32.1. The molecule has 0 fully saturated rings. The van der Waals surface area contributed by atoms with Gasteiger partial charge in [0.1, 0.15) is 5.69 Å². The van der Waals surface area contributed by atoms with Crippen LogP contribution in [0.3, 0.4) is 0 Å². The average Bonchev–Trinajstić information content (AvgIpc) is 3.57. The van der Waals surface area contributed by atoms with Crippen LogP contribution in [0.4, 0.5) is 0 Å². The van der Waals surface area contributed by atoms with Gasteiger partial charge >= 0.3 is 0 Å². The molecule has 0 bridgehead atoms. The summed E-state index contributed by atoms with van der Waals surface area (Å²) in [5.41, 5.74) is 7.35. The molecule has 6 heteroatoms. The third kappa shape index (κ3) is 3.90. The highest BCUT2D eigenvalue weighted by Gasteiger charge is 2.13. The molecular formula is C27H25N5S. The number of hydrogen-bond acceptors (Lipinski definition) is 3. The number of aromatic nitrogens is 5. The minimum atomic E-state index is 0.824. The lowest BCUT2D eigenvalue weighted by Gasteiger charge is -1.99. The quantitative estimate of drug-likeness (QED) is 0.378. The third-order valence-corrected chi connectivity index (χ3v) is 7.05. The van der Waals surface area contributed by atoms with Gasteiger partial charge in [0.2, 0.25) is 0 Å². The Bertz CT molecular complexity index is 1640. The van der Waals surface area contributed by atoms with Gasteiger partial charge in [0.25, 0.3) is 0 Å². The van der Waals surface area contributed by atoms with Crippen molar-refractivity contribution in [2.45, 2.75) is 13.8 Å². The minimum absolute atomic E-state index is 0.824. The first-order chi connectivity index (χ1) is 15.9. The monoisotopic (exact) mass is 451 g/mol. The van der Waals surface area contributed by atoms with Crippen LogP contribution in [0.5, 0.6) is 0 Å². The normalized spacial score (nSPS) is 12.7. The van der Waals surface area contributed by atoms with E-state index in [0.717, 1.165) is 44.2 Å². The van der Waals surface area contributed by atoms with Gasteiger partial charge in [-0.3, -0.25) is 9.78 Å². The molecule has 0 aliphatic rings. The Hall–Kier alpha value is -3.90. The number of allylic oxidation sites excluding steroid dienone is 3. The summed E-state index contributed by atoms with van der Waals surface area (Å²) in [6.07, 6.45) is 7.93. The Kier molecular flexibility index (Phi) is 5.23. The zero-order chi connectivity index (χ0) is 23.1. The molecule has 33 heavy (non-hydrogen) atoms. The summed E-state index contributed by atoms with van der Waals surface area (Å²) in [6.45, 7) is 12.5. The molecule has 0 saturated heterocycles. The fourth-order valence-corrected chi connectivity index (χ4v) is 4.85. The van der Waals surface area contributed by atoms with Crippen molar-refractivity contribution in [2.24, 2.45) is 7.05 Å². The minimum Gasteiger partial charge on any atom is -0.353 e. The maximum Gasteiger partial charge on any atom is 0.116 e. The second-order valence-electron chi connectivity index (χ2n) is 8.28. The number of aromatic amines is 2. The van der Waals surface area contributed by atoms with Crippen LogP contribution in [0.2, 0.25) is 0 Å². The number of rotatable bonds is 5. The summed E-state index contributed by atoms with van der Waals surface area (Å²) in [5.74, 6) is 0. The van der Waals surface area contributed by atoms with Crippen molar-refractivity contribution in [3.63, 3.8) is 0 Å². The summed E-state index contributed by atoms with van der Waals surface area (Å²) in [6, 6.07) is 12.8. The number of hydrogen-bond donors (Lipinski definition) is 2. The highest BCUT2D eigenvalue weighted by Crippen LogP contribution is 2.36. The number of aryl methyl sites for hydroxylation is 1. The summed E-state index contributed by atoms with van der Waals surface area (Å²) in [4.78, 5) is 5.96. The summed E-state index contributed by atoms with van der Waals surface area (Å²) >= 11 is 1.77. The summed E-state index contributed by atoms with van der Waals surface area (Å²) in [5, 5.41) is 14.8. The Morgan fingerprint density at radius 2 is 2.03 bits per heavy atom. The van der Waals surface area contributed by atoms with Crippen LogP contribution in [0.1, 0.15) is 24.3 Å². The second-order valence-corrected chi connectivity index (χ2v) is 9.36. The van der Waals surface area contributed by atoms with E-state index in [1.807, 2.05) is 32.4 Å². The summed E-state index contributed by atoms with van der Waals surface area (Å²) < 4.78 is 1.80. The summed E-state index contributed by atoms with van der Waals surface area (Å²) in [7, 11) is 1.92. The Balaban J connectivity index is 1.53. The number of nitrogens with one attached hydrogen (secondary N) is 2. The molecule has 4 heterocycles. The van der Waals surface area contributed by atoms with Gasteiger partial charge in [-0.1, -0.05) is 31.4 Å². The van der Waals surface area contributed by atoms with Crippen LogP contribution in [-0.2, 0) is 7.05 Å². The Morgan fingerprint density at radius 1 is 1.18 bits per heavy atom. The molecule has 1 aromatic carbocycles. The maximum atomic E-state index is 4.56. The SMILES string of the molecule is C=C(C)c1ccc(-c2cccc3[nH]c(-c4n[nH]/c(=C/C=C(\C)c5cnn(C)c5)c4=C)cc23)s1. The van der Waals surface area contributed by atoms with Crippen molar-refractivity contribution in [1.82, 2.24) is 25.0 Å². The standard InChI is InChI=1S/C27H25N5S/c1-16(2)25-11-12-26(33-25)20-7-6-8-23-21(20)13-24(29-23)27-18(4)22(30-31-27)10-9-17(3)19-14-28-32(5)15-19/h6-15,29-30H,1,4H2,2-3,5H3/b17-9+,22-10+. The van der Waals surface area contributed by atoms with E-state index in [1.54, 1.807) is 16.0 Å². The van der Waals surface area contributed by atoms with Crippen LogP contribution in [0.25, 0.3) is 56.5 Å². The third-order valence-electron chi connectivity index (χ3n) is 5.77. The van der Waals surface area contributed by atoms with Gasteiger partial charge in [0.05, 0.1) is 17.2 Å². The highest BCUT2D eigenvalue weighted by molar-refractivity contribution is 7.16. The van der Waals surface area contributed by atoms with Crippen LogP contribution in [0, 0.1) is 0 Å². The Morgan fingerprint density at radius 3 is 2.76 bits per heavy atom. The average molecular weight is 452 g/mol. The molecule has 0 atom stereocenters. The van der Waals surface area contributed by atoms with E-state index < -0.39 is 0 Å². The lowest BCUT2D eigenvalue weighted by molar-refractivity contribution is 0.767. The largest absolute Gasteiger partial charge is 0.353 e. The second kappa shape index (κ2) is 8.22. The molecule has 164 valence electrons. The van der Waals surface area contributed by atoms with E-state index in [-0.39, 0.29) is 0 Å². The number of fused-ring (bicyclic) bond motifs is 1. The first-order valence-corrected chi connectivity index (χ1v) is 11.5. The maximum absolute atomic E-state index is 4.56. The predicted octanol–water partition coefficient (Wildman–Crippen LogP) is 5.35. The lowest BCUT2D eigenvalue weighted by Crippen LogP contribution is -2.21. The molecule has 0 unspecified atom stereocenters. The van der Waals surface area contributed by atoms with E-state index in [0.29, 0.717) is 0 Å². The van der Waals surface area contributed by atoms with Crippen molar-refractivity contribution in [2.75, 3.05) is 0 Å². The zero-order valence-corrected chi connectivity index (χ0v) is 19.8. The molecule has 0 saturated carbocycles. The fraction of sp³-hybridized carbons (Fsp3) is 0.111. The van der Waals surface area contributed by atoms with Gasteiger partial charge in [-0.05, 0) is 55.3 Å². The van der Waals surface area contributed by atoms with Crippen LogP contribution >= 0.6 is 11.3 Å². The number of benzene rings is 1. The predicted molar refractivity (Wildman–Crippen MR) is 140 cm³/mol. The molecule has 0 radical (unpaired) electrons. The van der Waals surface area contributed by atoms with Gasteiger partial charge in [-0.2, -0.15) is 10.2 Å². The van der Waals surface area contributed by atoms with Crippen molar-refractivity contribution in [3.8, 4) is 21.8 Å². The van der Waals surface area contributed by atoms with Gasteiger partial charge in [-0.15, -0.1) is 11.3 Å². The molecule has 0 aliphatic heterocycles. The van der Waals surface area contributed by atoms with Crippen LogP contribution < -0.4 is 10.6 Å². The molecule has 5 rings (SSSR count).